The van der Waals surface area contributed by atoms with Gasteiger partial charge in [-0.3, -0.25) is 5.43 Å². The first-order chi connectivity index (χ1) is 8.25. The highest BCUT2D eigenvalue weighted by Crippen LogP contribution is 2.23. The molecule has 2 aromatic rings. The van der Waals surface area contributed by atoms with Gasteiger partial charge in [0.05, 0.1) is 16.4 Å². The second-order valence-corrected chi connectivity index (χ2v) is 4.30. The fourth-order valence-corrected chi connectivity index (χ4v) is 1.69. The normalized spacial score (nSPS) is 10.6. The molecule has 2 rings (SSSR count). The molecule has 3 nitrogen and oxygen atoms in total. The fourth-order valence-electron chi connectivity index (χ4n) is 1.30. The molecule has 2 N–H and O–H groups in total. The van der Waals surface area contributed by atoms with Gasteiger partial charge in [0, 0.05) is 0 Å². The highest BCUT2D eigenvalue weighted by molar-refractivity contribution is 9.10. The molecule has 17 heavy (non-hydrogen) atoms. The maximum atomic E-state index is 9.34. The van der Waals surface area contributed by atoms with Crippen molar-refractivity contribution >= 4 is 27.8 Å². The largest absolute Gasteiger partial charge is 0.507 e. The molecule has 4 heteroatoms. The van der Waals surface area contributed by atoms with Crippen molar-refractivity contribution in [2.75, 3.05) is 5.43 Å². The van der Waals surface area contributed by atoms with Gasteiger partial charge in [0.25, 0.3) is 0 Å². The highest BCUT2D eigenvalue weighted by atomic mass is 79.9. The van der Waals surface area contributed by atoms with Crippen molar-refractivity contribution in [3.63, 3.8) is 0 Å². The Morgan fingerprint density at radius 1 is 1.12 bits per heavy atom. The Morgan fingerprint density at radius 2 is 1.88 bits per heavy atom. The number of rotatable bonds is 3. The molecule has 0 bridgehead atoms. The Bertz CT molecular complexity index is 526. The second kappa shape index (κ2) is 5.50. The molecule has 0 atom stereocenters. The molecule has 0 aliphatic carbocycles. The van der Waals surface area contributed by atoms with Gasteiger partial charge in [0.2, 0.25) is 0 Å². The molecule has 0 unspecified atom stereocenters. The Labute approximate surface area is 108 Å². The number of phenolic OH excluding ortho intramolecular Hbond substituents is 1. The number of halogens is 1. The van der Waals surface area contributed by atoms with Crippen molar-refractivity contribution < 1.29 is 5.11 Å². The van der Waals surface area contributed by atoms with Crippen LogP contribution in [0.4, 0.5) is 5.69 Å². The second-order valence-electron chi connectivity index (χ2n) is 3.45. The van der Waals surface area contributed by atoms with Gasteiger partial charge in [0.1, 0.15) is 5.75 Å². The van der Waals surface area contributed by atoms with E-state index in [1.54, 1.807) is 24.4 Å². The maximum absolute atomic E-state index is 9.34. The number of para-hydroxylation sites is 1. The minimum Gasteiger partial charge on any atom is -0.507 e. The van der Waals surface area contributed by atoms with Crippen molar-refractivity contribution in [3.05, 3.63) is 58.6 Å². The van der Waals surface area contributed by atoms with Crippen LogP contribution < -0.4 is 5.43 Å². The SMILES string of the molecule is Oc1ccc(C=NNc2ccccc2)cc1Br. The molecule has 2 aromatic carbocycles. The summed E-state index contributed by atoms with van der Waals surface area (Å²) in [5, 5.41) is 13.4. The number of benzene rings is 2. The van der Waals surface area contributed by atoms with E-state index < -0.39 is 0 Å². The van der Waals surface area contributed by atoms with E-state index in [1.807, 2.05) is 30.3 Å². The predicted octanol–water partition coefficient (Wildman–Crippen LogP) is 3.60. The number of hydrazone groups is 1. The minimum absolute atomic E-state index is 0.221. The maximum Gasteiger partial charge on any atom is 0.129 e. The first kappa shape index (κ1) is 11.7. The van der Waals surface area contributed by atoms with Crippen LogP contribution in [0, 0.1) is 0 Å². The monoisotopic (exact) mass is 290 g/mol. The number of phenols is 1. The molecule has 0 saturated heterocycles. The van der Waals surface area contributed by atoms with E-state index in [0.717, 1.165) is 11.3 Å². The van der Waals surface area contributed by atoms with E-state index in [1.165, 1.54) is 0 Å². The van der Waals surface area contributed by atoms with Gasteiger partial charge >= 0.3 is 0 Å². The summed E-state index contributed by atoms with van der Waals surface area (Å²) in [7, 11) is 0. The number of hydrogen-bond donors (Lipinski definition) is 2. The van der Waals surface area contributed by atoms with Crippen LogP contribution in [0.5, 0.6) is 5.75 Å². The summed E-state index contributed by atoms with van der Waals surface area (Å²) in [6.45, 7) is 0. The van der Waals surface area contributed by atoms with Crippen LogP contribution in [-0.4, -0.2) is 11.3 Å². The van der Waals surface area contributed by atoms with Crippen LogP contribution >= 0.6 is 15.9 Å². The third kappa shape index (κ3) is 3.32. The predicted molar refractivity (Wildman–Crippen MR) is 73.5 cm³/mol. The molecule has 0 saturated carbocycles. The van der Waals surface area contributed by atoms with Gasteiger partial charge in [-0.25, -0.2) is 0 Å². The Hall–Kier alpha value is -1.81. The van der Waals surface area contributed by atoms with Crippen LogP contribution in [0.25, 0.3) is 0 Å². The van der Waals surface area contributed by atoms with Crippen LogP contribution in [0.1, 0.15) is 5.56 Å². The van der Waals surface area contributed by atoms with Gasteiger partial charge in [-0.05, 0) is 51.8 Å². The van der Waals surface area contributed by atoms with Crippen molar-refractivity contribution in [3.8, 4) is 5.75 Å². The van der Waals surface area contributed by atoms with Gasteiger partial charge in [-0.1, -0.05) is 18.2 Å². The number of hydrogen-bond acceptors (Lipinski definition) is 3. The lowest BCUT2D eigenvalue weighted by molar-refractivity contribution is 0.472. The van der Waals surface area contributed by atoms with Crippen molar-refractivity contribution in [1.29, 1.82) is 0 Å². The van der Waals surface area contributed by atoms with E-state index in [-0.39, 0.29) is 5.75 Å². The molecule has 0 fully saturated rings. The van der Waals surface area contributed by atoms with E-state index in [4.69, 9.17) is 0 Å². The van der Waals surface area contributed by atoms with Crippen molar-refractivity contribution in [2.45, 2.75) is 0 Å². The molecule has 86 valence electrons. The summed E-state index contributed by atoms with van der Waals surface area (Å²) in [5.74, 6) is 0.221. The zero-order valence-corrected chi connectivity index (χ0v) is 10.6. The van der Waals surface area contributed by atoms with Crippen LogP contribution in [0.15, 0.2) is 58.1 Å². The lowest BCUT2D eigenvalue weighted by Crippen LogP contribution is -1.90. The molecular weight excluding hydrogens is 280 g/mol. The molecule has 0 radical (unpaired) electrons. The summed E-state index contributed by atoms with van der Waals surface area (Å²) in [4.78, 5) is 0. The van der Waals surface area contributed by atoms with Gasteiger partial charge < -0.3 is 5.11 Å². The zero-order valence-electron chi connectivity index (χ0n) is 8.97. The summed E-state index contributed by atoms with van der Waals surface area (Å²) < 4.78 is 0.654. The van der Waals surface area contributed by atoms with Gasteiger partial charge in [-0.2, -0.15) is 5.10 Å². The van der Waals surface area contributed by atoms with Crippen LogP contribution in [0.2, 0.25) is 0 Å². The first-order valence-electron chi connectivity index (χ1n) is 5.08. The van der Waals surface area contributed by atoms with E-state index in [2.05, 4.69) is 26.5 Å². The molecule has 0 heterocycles. The molecule has 0 amide bonds. The standard InChI is InChI=1S/C13H11BrN2O/c14-12-8-10(6-7-13(12)17)9-15-16-11-4-2-1-3-5-11/h1-9,16-17H. The lowest BCUT2D eigenvalue weighted by atomic mass is 10.2. The molecule has 0 aliphatic heterocycles. The number of nitrogens with one attached hydrogen (secondary N) is 1. The average molecular weight is 291 g/mol. The Morgan fingerprint density at radius 3 is 2.59 bits per heavy atom. The summed E-state index contributed by atoms with van der Waals surface area (Å²) in [5.41, 5.74) is 4.75. The van der Waals surface area contributed by atoms with Crippen LogP contribution in [-0.2, 0) is 0 Å². The van der Waals surface area contributed by atoms with Crippen molar-refractivity contribution in [1.82, 2.24) is 0 Å². The summed E-state index contributed by atoms with van der Waals surface area (Å²) >= 11 is 3.25. The van der Waals surface area contributed by atoms with E-state index >= 15 is 0 Å². The third-order valence-electron chi connectivity index (χ3n) is 2.15. The van der Waals surface area contributed by atoms with Gasteiger partial charge in [-0.15, -0.1) is 0 Å². The van der Waals surface area contributed by atoms with E-state index in [0.29, 0.717) is 4.47 Å². The number of nitrogens with zero attached hydrogens (tertiary/aromatic N) is 1. The van der Waals surface area contributed by atoms with E-state index in [9.17, 15) is 5.11 Å². The summed E-state index contributed by atoms with van der Waals surface area (Å²) in [6, 6.07) is 14.9. The number of aromatic hydroxyl groups is 1. The van der Waals surface area contributed by atoms with Gasteiger partial charge in [0.15, 0.2) is 0 Å². The molecular formula is C13H11BrN2O. The topological polar surface area (TPSA) is 44.6 Å². The quantitative estimate of drug-likeness (QED) is 0.670. The third-order valence-corrected chi connectivity index (χ3v) is 2.79. The Kier molecular flexibility index (Phi) is 3.77. The lowest BCUT2D eigenvalue weighted by Gasteiger charge is -2.00. The zero-order chi connectivity index (χ0) is 12.1. The first-order valence-corrected chi connectivity index (χ1v) is 5.87. The fraction of sp³-hybridized carbons (Fsp3) is 0. The van der Waals surface area contributed by atoms with Crippen LogP contribution in [0.3, 0.4) is 0 Å². The Balaban J connectivity index is 2.03. The smallest absolute Gasteiger partial charge is 0.129 e. The minimum atomic E-state index is 0.221. The van der Waals surface area contributed by atoms with Crippen molar-refractivity contribution in [2.24, 2.45) is 5.10 Å². The molecule has 0 spiro atoms. The average Bonchev–Trinajstić information content (AvgIpc) is 2.35. The highest BCUT2D eigenvalue weighted by Gasteiger charge is 1.96. The molecule has 0 aliphatic rings. The molecule has 0 aromatic heterocycles. The summed E-state index contributed by atoms with van der Waals surface area (Å²) in [6.07, 6.45) is 1.69. The number of anilines is 1.